The number of amides is 1. The van der Waals surface area contributed by atoms with Crippen LogP contribution in [-0.2, 0) is 9.47 Å². The molecule has 3 aromatic rings. The van der Waals surface area contributed by atoms with E-state index in [1.54, 1.807) is 12.0 Å². The first kappa shape index (κ1) is 25.6. The van der Waals surface area contributed by atoms with E-state index in [0.29, 0.717) is 37.6 Å². The fourth-order valence-corrected chi connectivity index (χ4v) is 4.66. The highest BCUT2D eigenvalue weighted by Crippen LogP contribution is 2.35. The fraction of sp³-hybridized carbons (Fsp3) is 0.444. The van der Waals surface area contributed by atoms with E-state index in [9.17, 15) is 14.3 Å². The number of ether oxygens (including phenoxy) is 2. The van der Waals surface area contributed by atoms with Gasteiger partial charge in [0.05, 0.1) is 17.7 Å². The van der Waals surface area contributed by atoms with E-state index in [4.69, 9.17) is 14.5 Å². The average molecular weight is 497 g/mol. The van der Waals surface area contributed by atoms with Crippen LogP contribution in [0.4, 0.5) is 15.0 Å². The molecule has 2 aromatic carbocycles. The van der Waals surface area contributed by atoms with Gasteiger partial charge in [0.25, 0.3) is 0 Å². The molecular formula is C27H33FN4O4. The van der Waals surface area contributed by atoms with Crippen LogP contribution >= 0.6 is 0 Å². The van der Waals surface area contributed by atoms with Gasteiger partial charge < -0.3 is 24.4 Å². The van der Waals surface area contributed by atoms with Gasteiger partial charge in [0, 0.05) is 38.7 Å². The predicted octanol–water partition coefficient (Wildman–Crippen LogP) is 4.77. The van der Waals surface area contributed by atoms with Crippen LogP contribution in [0.1, 0.15) is 25.3 Å². The molecule has 36 heavy (non-hydrogen) atoms. The number of carbonyl (C=O) groups excluding carboxylic acids is 1. The third kappa shape index (κ3) is 5.67. The highest BCUT2D eigenvalue weighted by Gasteiger charge is 2.27. The number of rotatable bonds is 8. The Morgan fingerprint density at radius 2 is 2.08 bits per heavy atom. The summed E-state index contributed by atoms with van der Waals surface area (Å²) in [5.41, 5.74) is 1.71. The quantitative estimate of drug-likeness (QED) is 0.450. The molecule has 1 amide bonds. The monoisotopic (exact) mass is 496 g/mol. The topological polar surface area (TPSA) is 88.0 Å². The number of halogens is 1. The lowest BCUT2D eigenvalue weighted by atomic mass is 9.97. The van der Waals surface area contributed by atoms with Crippen molar-refractivity contribution in [2.45, 2.75) is 26.7 Å². The maximum atomic E-state index is 14.7. The van der Waals surface area contributed by atoms with E-state index in [0.717, 1.165) is 30.3 Å². The lowest BCUT2D eigenvalue weighted by molar-refractivity contribution is 0.0686. The van der Waals surface area contributed by atoms with Crippen LogP contribution in [0.25, 0.3) is 22.3 Å². The van der Waals surface area contributed by atoms with Gasteiger partial charge in [0.1, 0.15) is 24.0 Å². The molecule has 0 bridgehead atoms. The van der Waals surface area contributed by atoms with Gasteiger partial charge in [-0.3, -0.25) is 0 Å². The number of anilines is 1. The number of benzene rings is 2. The molecule has 0 radical (unpaired) electrons. The van der Waals surface area contributed by atoms with Gasteiger partial charge in [-0.15, -0.1) is 0 Å². The molecule has 1 N–H and O–H groups in total. The third-order valence-electron chi connectivity index (χ3n) is 6.50. The average Bonchev–Trinajstić information content (AvgIpc) is 2.86. The molecule has 192 valence electrons. The lowest BCUT2D eigenvalue weighted by Gasteiger charge is -2.36. The van der Waals surface area contributed by atoms with E-state index in [1.165, 1.54) is 18.2 Å². The maximum Gasteiger partial charge on any atom is 0.409 e. The molecule has 8 nitrogen and oxygen atoms in total. The van der Waals surface area contributed by atoms with Crippen molar-refractivity contribution < 1.29 is 23.8 Å². The van der Waals surface area contributed by atoms with Crippen LogP contribution < -0.4 is 4.90 Å². The Morgan fingerprint density at radius 1 is 1.25 bits per heavy atom. The van der Waals surface area contributed by atoms with Crippen molar-refractivity contribution >= 4 is 22.8 Å². The SMILES string of the molecule is CCN(C[C@H]1CCCN(c2nc(-c3c(O)cccc3F)nc3cc(C)ccc23)C1)C(=O)OCCOC. The van der Waals surface area contributed by atoms with Crippen LogP contribution in [0.2, 0.25) is 0 Å². The number of phenols is 1. The summed E-state index contributed by atoms with van der Waals surface area (Å²) in [6, 6.07) is 10.1. The van der Waals surface area contributed by atoms with Gasteiger partial charge >= 0.3 is 6.09 Å². The molecule has 0 spiro atoms. The van der Waals surface area contributed by atoms with Crippen molar-refractivity contribution in [1.82, 2.24) is 14.9 Å². The number of phenolic OH excluding ortho intramolecular Hbond substituents is 1. The summed E-state index contributed by atoms with van der Waals surface area (Å²) in [5.74, 6) is 0.297. The van der Waals surface area contributed by atoms with E-state index in [1.807, 2.05) is 32.0 Å². The van der Waals surface area contributed by atoms with Crippen molar-refractivity contribution in [1.29, 1.82) is 0 Å². The zero-order chi connectivity index (χ0) is 25.7. The lowest BCUT2D eigenvalue weighted by Crippen LogP contribution is -2.43. The number of methoxy groups -OCH3 is 1. The number of carbonyl (C=O) groups is 1. The molecule has 1 aromatic heterocycles. The Hall–Kier alpha value is -3.46. The first-order valence-electron chi connectivity index (χ1n) is 12.3. The highest BCUT2D eigenvalue weighted by molar-refractivity contribution is 5.92. The Kier molecular flexibility index (Phi) is 8.20. The summed E-state index contributed by atoms with van der Waals surface area (Å²) in [6.45, 7) is 7.08. The van der Waals surface area contributed by atoms with E-state index < -0.39 is 5.82 Å². The Labute approximate surface area is 210 Å². The summed E-state index contributed by atoms with van der Waals surface area (Å²) in [4.78, 5) is 25.8. The Bertz CT molecular complexity index is 1200. The minimum Gasteiger partial charge on any atom is -0.507 e. The van der Waals surface area contributed by atoms with Crippen molar-refractivity contribution in [2.24, 2.45) is 5.92 Å². The fourth-order valence-electron chi connectivity index (χ4n) is 4.66. The number of aromatic nitrogens is 2. The molecule has 1 fully saturated rings. The van der Waals surface area contributed by atoms with Crippen molar-refractivity contribution in [3.8, 4) is 17.1 Å². The van der Waals surface area contributed by atoms with E-state index in [-0.39, 0.29) is 35.8 Å². The number of fused-ring (bicyclic) bond motifs is 1. The van der Waals surface area contributed by atoms with E-state index >= 15 is 0 Å². The molecule has 0 aliphatic carbocycles. The molecule has 1 aliphatic rings. The molecular weight excluding hydrogens is 463 g/mol. The first-order valence-corrected chi connectivity index (χ1v) is 12.3. The van der Waals surface area contributed by atoms with Crippen LogP contribution in [0, 0.1) is 18.7 Å². The number of aryl methyl sites for hydroxylation is 1. The second kappa shape index (κ2) is 11.5. The zero-order valence-electron chi connectivity index (χ0n) is 21.0. The molecule has 0 saturated carbocycles. The molecule has 2 heterocycles. The molecule has 9 heteroatoms. The van der Waals surface area contributed by atoms with Crippen LogP contribution in [-0.4, -0.2) is 72.6 Å². The van der Waals surface area contributed by atoms with Gasteiger partial charge in [0.2, 0.25) is 0 Å². The highest BCUT2D eigenvalue weighted by atomic mass is 19.1. The largest absolute Gasteiger partial charge is 0.507 e. The van der Waals surface area contributed by atoms with Gasteiger partial charge in [-0.2, -0.15) is 0 Å². The van der Waals surface area contributed by atoms with Crippen LogP contribution in [0.15, 0.2) is 36.4 Å². The van der Waals surface area contributed by atoms with Gasteiger partial charge in [-0.05, 0) is 62.4 Å². The van der Waals surface area contributed by atoms with Crippen LogP contribution in [0.3, 0.4) is 0 Å². The van der Waals surface area contributed by atoms with Gasteiger partial charge in [-0.1, -0.05) is 12.1 Å². The zero-order valence-corrected chi connectivity index (χ0v) is 21.0. The summed E-state index contributed by atoms with van der Waals surface area (Å²) < 4.78 is 25.0. The number of nitrogens with zero attached hydrogens (tertiary/aromatic N) is 4. The first-order chi connectivity index (χ1) is 17.4. The second-order valence-corrected chi connectivity index (χ2v) is 9.13. The van der Waals surface area contributed by atoms with Crippen LogP contribution in [0.5, 0.6) is 5.75 Å². The summed E-state index contributed by atoms with van der Waals surface area (Å²) in [7, 11) is 1.57. The molecule has 0 unspecified atom stereocenters. The normalized spacial score (nSPS) is 15.8. The van der Waals surface area contributed by atoms with Crippen molar-refractivity contribution in [2.75, 3.05) is 51.4 Å². The third-order valence-corrected chi connectivity index (χ3v) is 6.50. The van der Waals surface area contributed by atoms with Gasteiger partial charge in [0.15, 0.2) is 5.82 Å². The van der Waals surface area contributed by atoms with Crippen molar-refractivity contribution in [3.05, 3.63) is 47.8 Å². The Balaban J connectivity index is 1.63. The minimum atomic E-state index is -0.574. The number of hydrogen-bond donors (Lipinski definition) is 1. The number of hydrogen-bond acceptors (Lipinski definition) is 7. The standard InChI is InChI=1S/C27H33FN4O4/c1-4-31(27(34)36-14-13-35-3)16-19-7-6-12-32(17-19)26-20-11-10-18(2)15-22(20)29-25(30-26)24-21(28)8-5-9-23(24)33/h5,8-11,15,19,33H,4,6-7,12-14,16-17H2,1-3H3/t19-/m1/s1. The smallest absolute Gasteiger partial charge is 0.409 e. The molecule has 1 saturated heterocycles. The van der Waals surface area contributed by atoms with Crippen molar-refractivity contribution in [3.63, 3.8) is 0 Å². The summed E-state index contributed by atoms with van der Waals surface area (Å²) >= 11 is 0. The summed E-state index contributed by atoms with van der Waals surface area (Å²) in [5, 5.41) is 11.2. The maximum absolute atomic E-state index is 14.7. The number of piperidine rings is 1. The molecule has 4 rings (SSSR count). The number of aromatic hydroxyl groups is 1. The Morgan fingerprint density at radius 3 is 2.83 bits per heavy atom. The predicted molar refractivity (Wildman–Crippen MR) is 137 cm³/mol. The summed E-state index contributed by atoms with van der Waals surface area (Å²) in [6.07, 6.45) is 1.56. The van der Waals surface area contributed by atoms with E-state index in [2.05, 4.69) is 9.88 Å². The second-order valence-electron chi connectivity index (χ2n) is 9.13. The molecule has 1 atom stereocenters. The minimum absolute atomic E-state index is 0.00771. The van der Waals surface area contributed by atoms with Gasteiger partial charge in [-0.25, -0.2) is 19.2 Å². The molecule has 1 aliphatic heterocycles.